The van der Waals surface area contributed by atoms with Gasteiger partial charge in [0.2, 0.25) is 5.91 Å². The molecule has 0 saturated carbocycles. The van der Waals surface area contributed by atoms with Crippen LogP contribution in [0.4, 0.5) is 0 Å². The van der Waals surface area contributed by atoms with Gasteiger partial charge < -0.3 is 14.7 Å². The van der Waals surface area contributed by atoms with Gasteiger partial charge in [-0.25, -0.2) is 0 Å². The van der Waals surface area contributed by atoms with Crippen LogP contribution in [0.15, 0.2) is 40.9 Å². The molecule has 1 atom stereocenters. The van der Waals surface area contributed by atoms with Crippen LogP contribution in [0.25, 0.3) is 11.3 Å². The molecule has 5 heteroatoms. The Hall–Kier alpha value is -2.14. The van der Waals surface area contributed by atoms with Crippen molar-refractivity contribution in [2.24, 2.45) is 0 Å². The van der Waals surface area contributed by atoms with Gasteiger partial charge in [0.1, 0.15) is 11.5 Å². The average molecular weight is 313 g/mol. The first-order valence-electron chi connectivity index (χ1n) is 8.23. The third-order valence-electron chi connectivity index (χ3n) is 4.28. The van der Waals surface area contributed by atoms with Gasteiger partial charge in [-0.05, 0) is 25.8 Å². The number of amides is 1. The number of nitrogens with zero attached hydrogens (tertiary/aromatic N) is 2. The van der Waals surface area contributed by atoms with Crippen LogP contribution in [-0.4, -0.2) is 42.1 Å². The summed E-state index contributed by atoms with van der Waals surface area (Å²) in [5.41, 5.74) is 1.92. The molecule has 5 nitrogen and oxygen atoms in total. The summed E-state index contributed by atoms with van der Waals surface area (Å²) in [6.45, 7) is 1.68. The molecule has 2 aromatic rings. The smallest absolute Gasteiger partial charge is 0.239 e. The molecular formula is C18H23N3O2. The molecule has 3 rings (SSSR count). The molecule has 122 valence electrons. The highest BCUT2D eigenvalue weighted by Crippen LogP contribution is 2.19. The predicted molar refractivity (Wildman–Crippen MR) is 88.9 cm³/mol. The van der Waals surface area contributed by atoms with E-state index in [1.165, 1.54) is 0 Å². The number of hydrogen-bond donors (Lipinski definition) is 1. The molecule has 1 N–H and O–H groups in total. The lowest BCUT2D eigenvalue weighted by Crippen LogP contribution is -2.42. The second-order valence-corrected chi connectivity index (χ2v) is 6.06. The molecule has 1 saturated heterocycles. The molecule has 0 aliphatic carbocycles. The Kier molecular flexibility index (Phi) is 5.08. The van der Waals surface area contributed by atoms with Gasteiger partial charge in [0.15, 0.2) is 0 Å². The van der Waals surface area contributed by atoms with E-state index < -0.39 is 0 Å². The zero-order valence-corrected chi connectivity index (χ0v) is 13.5. The molecule has 0 radical (unpaired) electrons. The number of carbonyl (C=O) groups is 1. The number of rotatable bonds is 6. The van der Waals surface area contributed by atoms with Crippen molar-refractivity contribution in [2.45, 2.75) is 31.7 Å². The van der Waals surface area contributed by atoms with E-state index in [1.807, 2.05) is 48.3 Å². The van der Waals surface area contributed by atoms with Gasteiger partial charge in [0.25, 0.3) is 0 Å². The van der Waals surface area contributed by atoms with Crippen LogP contribution < -0.4 is 5.32 Å². The summed E-state index contributed by atoms with van der Waals surface area (Å²) in [5.74, 6) is 1.06. The van der Waals surface area contributed by atoms with Crippen molar-refractivity contribution in [3.63, 3.8) is 0 Å². The molecule has 1 unspecified atom stereocenters. The van der Waals surface area contributed by atoms with E-state index in [-0.39, 0.29) is 11.9 Å². The van der Waals surface area contributed by atoms with E-state index in [0.717, 1.165) is 55.8 Å². The third kappa shape index (κ3) is 3.99. The highest BCUT2D eigenvalue weighted by atomic mass is 16.5. The molecule has 1 aromatic carbocycles. The minimum Gasteiger partial charge on any atom is -0.361 e. The van der Waals surface area contributed by atoms with E-state index in [2.05, 4.69) is 10.5 Å². The fourth-order valence-electron chi connectivity index (χ4n) is 2.94. The Morgan fingerprint density at radius 2 is 2.22 bits per heavy atom. The van der Waals surface area contributed by atoms with Crippen molar-refractivity contribution in [2.75, 3.05) is 20.1 Å². The van der Waals surface area contributed by atoms with Crippen LogP contribution >= 0.6 is 0 Å². The standard InChI is InChI=1S/C18H23N3O2/c1-21(18(22)16-10-5-11-19-16)12-6-9-15-13-17(20-23-15)14-7-3-2-4-8-14/h2-4,7-8,13,16,19H,5-6,9-12H2,1H3. The first-order chi connectivity index (χ1) is 11.2. The minimum atomic E-state index is 0.00922. The summed E-state index contributed by atoms with van der Waals surface area (Å²) < 4.78 is 5.40. The Morgan fingerprint density at radius 3 is 2.96 bits per heavy atom. The third-order valence-corrected chi connectivity index (χ3v) is 4.28. The fourth-order valence-corrected chi connectivity index (χ4v) is 2.94. The van der Waals surface area contributed by atoms with E-state index in [9.17, 15) is 4.79 Å². The quantitative estimate of drug-likeness (QED) is 0.890. The van der Waals surface area contributed by atoms with E-state index in [4.69, 9.17) is 4.52 Å². The van der Waals surface area contributed by atoms with E-state index >= 15 is 0 Å². The molecule has 2 heterocycles. The van der Waals surface area contributed by atoms with Gasteiger partial charge in [-0.3, -0.25) is 4.79 Å². The zero-order chi connectivity index (χ0) is 16.1. The molecule has 1 aliphatic heterocycles. The summed E-state index contributed by atoms with van der Waals surface area (Å²) in [4.78, 5) is 14.0. The van der Waals surface area contributed by atoms with E-state index in [0.29, 0.717) is 0 Å². The number of aryl methyl sites for hydroxylation is 1. The van der Waals surface area contributed by atoms with Crippen LogP contribution in [0, 0.1) is 0 Å². The van der Waals surface area contributed by atoms with Crippen LogP contribution in [0.2, 0.25) is 0 Å². The predicted octanol–water partition coefficient (Wildman–Crippen LogP) is 2.48. The fraction of sp³-hybridized carbons (Fsp3) is 0.444. The average Bonchev–Trinajstić information content (AvgIpc) is 3.27. The minimum absolute atomic E-state index is 0.00922. The van der Waals surface area contributed by atoms with Gasteiger partial charge >= 0.3 is 0 Å². The maximum atomic E-state index is 12.2. The lowest BCUT2D eigenvalue weighted by Gasteiger charge is -2.20. The highest BCUT2D eigenvalue weighted by molar-refractivity contribution is 5.81. The number of aromatic nitrogens is 1. The Balaban J connectivity index is 1.47. The lowest BCUT2D eigenvalue weighted by atomic mass is 10.1. The molecule has 23 heavy (non-hydrogen) atoms. The normalized spacial score (nSPS) is 17.3. The van der Waals surface area contributed by atoms with Gasteiger partial charge in [-0.2, -0.15) is 0 Å². The van der Waals surface area contributed by atoms with Crippen molar-refractivity contribution in [3.8, 4) is 11.3 Å². The van der Waals surface area contributed by atoms with Crippen molar-refractivity contribution in [1.82, 2.24) is 15.4 Å². The summed E-state index contributed by atoms with van der Waals surface area (Å²) in [6.07, 6.45) is 3.70. The van der Waals surface area contributed by atoms with Gasteiger partial charge in [0.05, 0.1) is 6.04 Å². The lowest BCUT2D eigenvalue weighted by molar-refractivity contribution is -0.131. The molecule has 1 aromatic heterocycles. The highest BCUT2D eigenvalue weighted by Gasteiger charge is 2.24. The number of carbonyl (C=O) groups excluding carboxylic acids is 1. The van der Waals surface area contributed by atoms with Gasteiger partial charge in [0, 0.05) is 31.6 Å². The molecule has 1 aliphatic rings. The summed E-state index contributed by atoms with van der Waals surface area (Å²) in [5, 5.41) is 7.36. The number of benzene rings is 1. The van der Waals surface area contributed by atoms with Crippen molar-refractivity contribution < 1.29 is 9.32 Å². The molecule has 1 fully saturated rings. The largest absolute Gasteiger partial charge is 0.361 e. The monoisotopic (exact) mass is 313 g/mol. The van der Waals surface area contributed by atoms with Gasteiger partial charge in [-0.1, -0.05) is 35.5 Å². The van der Waals surface area contributed by atoms with Crippen LogP contribution in [0.1, 0.15) is 25.0 Å². The topological polar surface area (TPSA) is 58.4 Å². The van der Waals surface area contributed by atoms with Crippen LogP contribution in [0.3, 0.4) is 0 Å². The summed E-state index contributed by atoms with van der Waals surface area (Å²) in [6, 6.07) is 12.0. The maximum absolute atomic E-state index is 12.2. The summed E-state index contributed by atoms with van der Waals surface area (Å²) >= 11 is 0. The summed E-state index contributed by atoms with van der Waals surface area (Å²) in [7, 11) is 1.87. The number of nitrogens with one attached hydrogen (secondary N) is 1. The Labute approximate surface area is 136 Å². The van der Waals surface area contributed by atoms with Crippen LogP contribution in [-0.2, 0) is 11.2 Å². The first-order valence-corrected chi connectivity index (χ1v) is 8.23. The van der Waals surface area contributed by atoms with Crippen LogP contribution in [0.5, 0.6) is 0 Å². The number of likely N-dealkylation sites (N-methyl/N-ethyl adjacent to an activating group) is 1. The Bertz CT molecular complexity index is 633. The SMILES string of the molecule is CN(CCCc1cc(-c2ccccc2)no1)C(=O)C1CCCN1. The second kappa shape index (κ2) is 7.42. The van der Waals surface area contributed by atoms with E-state index in [1.54, 1.807) is 0 Å². The van der Waals surface area contributed by atoms with Gasteiger partial charge in [-0.15, -0.1) is 0 Å². The molecule has 1 amide bonds. The first kappa shape index (κ1) is 15.7. The zero-order valence-electron chi connectivity index (χ0n) is 13.5. The van der Waals surface area contributed by atoms with Crippen molar-refractivity contribution >= 4 is 5.91 Å². The van der Waals surface area contributed by atoms with Crippen molar-refractivity contribution in [3.05, 3.63) is 42.2 Å². The maximum Gasteiger partial charge on any atom is 0.239 e. The molecule has 0 bridgehead atoms. The number of hydrogen-bond acceptors (Lipinski definition) is 4. The molecule has 0 spiro atoms. The van der Waals surface area contributed by atoms with Crippen molar-refractivity contribution in [1.29, 1.82) is 0 Å². The second-order valence-electron chi connectivity index (χ2n) is 6.06. The Morgan fingerprint density at radius 1 is 1.39 bits per heavy atom. The molecular weight excluding hydrogens is 290 g/mol.